The van der Waals surface area contributed by atoms with Crippen molar-refractivity contribution in [3.63, 3.8) is 0 Å². The monoisotopic (exact) mass is 386 g/mol. The van der Waals surface area contributed by atoms with E-state index in [1.807, 2.05) is 0 Å². The van der Waals surface area contributed by atoms with Crippen LogP contribution < -0.4 is 5.73 Å². The average molecular weight is 387 g/mol. The number of nitrogen functional groups attached to an aromatic ring is 1. The number of fused-ring (bicyclic) bond motifs is 1. The minimum absolute atomic E-state index is 0.287. The predicted molar refractivity (Wildman–Crippen MR) is 86.5 cm³/mol. The first-order valence-electron chi connectivity index (χ1n) is 7.07. The first-order chi connectivity index (χ1) is 10.6. The van der Waals surface area contributed by atoms with Gasteiger partial charge in [-0.25, -0.2) is 9.97 Å². The van der Waals surface area contributed by atoms with Crippen LogP contribution in [-0.2, 0) is 4.74 Å². The highest BCUT2D eigenvalue weighted by atomic mass is 79.9. The molecule has 1 fully saturated rings. The van der Waals surface area contributed by atoms with Crippen molar-refractivity contribution >= 4 is 32.8 Å². The minimum Gasteiger partial charge on any atom is -0.393 e. The summed E-state index contributed by atoms with van der Waals surface area (Å²) in [5.41, 5.74) is 1.61. The van der Waals surface area contributed by atoms with Gasteiger partial charge in [-0.1, -0.05) is 0 Å². The van der Waals surface area contributed by atoms with Crippen molar-refractivity contribution in [2.24, 2.45) is 0 Å². The van der Waals surface area contributed by atoms with E-state index in [1.165, 1.54) is 20.2 Å². The van der Waals surface area contributed by atoms with Crippen molar-refractivity contribution in [3.05, 3.63) is 17.0 Å². The summed E-state index contributed by atoms with van der Waals surface area (Å²) in [6.45, 7) is 3.99. The van der Waals surface area contributed by atoms with Crippen LogP contribution in [0.5, 0.6) is 0 Å². The van der Waals surface area contributed by atoms with Gasteiger partial charge in [-0.2, -0.15) is 0 Å². The number of halogens is 1. The van der Waals surface area contributed by atoms with Crippen molar-refractivity contribution in [1.29, 1.82) is 0 Å². The molecule has 2 aromatic heterocycles. The molecule has 2 aromatic rings. The lowest BCUT2D eigenvalue weighted by molar-refractivity contribution is -0.162. The smallest absolute Gasteiger partial charge is 0.167 e. The van der Waals surface area contributed by atoms with Gasteiger partial charge in [-0.3, -0.25) is 0 Å². The third-order valence-electron chi connectivity index (χ3n) is 5.01. The van der Waals surface area contributed by atoms with Crippen LogP contribution in [0.3, 0.4) is 0 Å². The molecule has 8 nitrogen and oxygen atoms in total. The first-order valence-corrected chi connectivity index (χ1v) is 7.86. The van der Waals surface area contributed by atoms with Crippen LogP contribution in [0.1, 0.15) is 27.0 Å². The van der Waals surface area contributed by atoms with Crippen molar-refractivity contribution in [1.82, 2.24) is 14.5 Å². The lowest BCUT2D eigenvalue weighted by Crippen LogP contribution is -2.60. The maximum absolute atomic E-state index is 10.9. The van der Waals surface area contributed by atoms with E-state index in [0.717, 1.165) is 0 Å². The number of nitrogens with two attached hydrogens (primary N) is 1. The maximum Gasteiger partial charge on any atom is 0.167 e. The van der Waals surface area contributed by atoms with E-state index < -0.39 is 29.6 Å². The molecule has 9 heteroatoms. The Morgan fingerprint density at radius 2 is 2.00 bits per heavy atom. The molecule has 3 rings (SSSR count). The van der Waals surface area contributed by atoms with E-state index in [0.29, 0.717) is 15.5 Å². The second kappa shape index (κ2) is 4.87. The summed E-state index contributed by atoms with van der Waals surface area (Å²) in [5, 5.41) is 32.0. The molecule has 0 amide bonds. The number of aliphatic hydroxyl groups is 3. The van der Waals surface area contributed by atoms with Crippen LogP contribution in [-0.4, -0.2) is 53.3 Å². The van der Waals surface area contributed by atoms with Gasteiger partial charge in [0.1, 0.15) is 34.6 Å². The second-order valence-electron chi connectivity index (χ2n) is 6.42. The molecular formula is C14H19BrN4O4. The Morgan fingerprint density at radius 3 is 2.57 bits per heavy atom. The summed E-state index contributed by atoms with van der Waals surface area (Å²) in [6, 6.07) is 0. The molecule has 0 aliphatic carbocycles. The van der Waals surface area contributed by atoms with Gasteiger partial charge in [-0.05, 0) is 36.7 Å². The molecule has 3 heterocycles. The van der Waals surface area contributed by atoms with E-state index in [4.69, 9.17) is 10.5 Å². The summed E-state index contributed by atoms with van der Waals surface area (Å²) in [7, 11) is 0. The highest BCUT2D eigenvalue weighted by Gasteiger charge is 2.67. The Morgan fingerprint density at radius 1 is 1.35 bits per heavy atom. The van der Waals surface area contributed by atoms with Crippen molar-refractivity contribution in [2.75, 3.05) is 12.3 Å². The molecule has 5 N–H and O–H groups in total. The normalized spacial score (nSPS) is 37.6. The number of anilines is 1. The molecule has 0 unspecified atom stereocenters. The maximum atomic E-state index is 10.9. The zero-order valence-corrected chi connectivity index (χ0v) is 14.6. The minimum atomic E-state index is -1.69. The summed E-state index contributed by atoms with van der Waals surface area (Å²) in [4.78, 5) is 8.15. The zero-order valence-electron chi connectivity index (χ0n) is 13.0. The average Bonchev–Trinajstić information content (AvgIpc) is 2.87. The van der Waals surface area contributed by atoms with E-state index in [2.05, 4.69) is 25.9 Å². The summed E-state index contributed by atoms with van der Waals surface area (Å²) in [5.74, 6) is 0.287. The molecular weight excluding hydrogens is 368 g/mol. The van der Waals surface area contributed by atoms with Gasteiger partial charge in [0.2, 0.25) is 0 Å². The van der Waals surface area contributed by atoms with Crippen molar-refractivity contribution in [3.8, 4) is 0 Å². The van der Waals surface area contributed by atoms with Crippen LogP contribution in [0.2, 0.25) is 0 Å². The fourth-order valence-corrected chi connectivity index (χ4v) is 3.61. The number of rotatable bonds is 2. The first kappa shape index (κ1) is 16.6. The molecule has 0 saturated carbocycles. The van der Waals surface area contributed by atoms with Gasteiger partial charge in [0, 0.05) is 10.7 Å². The van der Waals surface area contributed by atoms with E-state index in [1.54, 1.807) is 17.7 Å². The molecule has 0 spiro atoms. The van der Waals surface area contributed by atoms with Crippen molar-refractivity contribution < 1.29 is 20.1 Å². The van der Waals surface area contributed by atoms with Gasteiger partial charge < -0.3 is 30.4 Å². The van der Waals surface area contributed by atoms with Crippen LogP contribution in [0.15, 0.2) is 17.0 Å². The summed E-state index contributed by atoms with van der Waals surface area (Å²) in [6.07, 6.45) is 2.00. The fraction of sp³-hybridized carbons (Fsp3) is 0.571. The Bertz CT molecular complexity index is 775. The number of aliphatic hydroxyl groups excluding tert-OH is 1. The topological polar surface area (TPSA) is 127 Å². The van der Waals surface area contributed by atoms with Gasteiger partial charge in [0.15, 0.2) is 6.23 Å². The number of nitrogens with zero attached hydrogens (tertiary/aromatic N) is 3. The van der Waals surface area contributed by atoms with E-state index >= 15 is 0 Å². The van der Waals surface area contributed by atoms with Crippen LogP contribution >= 0.6 is 15.9 Å². The van der Waals surface area contributed by atoms with E-state index in [9.17, 15) is 15.3 Å². The van der Waals surface area contributed by atoms with Crippen LogP contribution in [0, 0.1) is 0 Å². The SMILES string of the molecule is C[C@@]1(O)[C@@](C)(CO)O[C@@H](n2cc(Br)c3c(N)ncnc32)[C@]1(C)O. The number of aromatic nitrogens is 3. The lowest BCUT2D eigenvalue weighted by Gasteiger charge is -2.39. The predicted octanol–water partition coefficient (Wildman–Crippen LogP) is 0.558. The van der Waals surface area contributed by atoms with Gasteiger partial charge >= 0.3 is 0 Å². The Hall–Kier alpha value is -1.26. The lowest BCUT2D eigenvalue weighted by atomic mass is 9.76. The standard InChI is InChI=1S/C14H19BrN4O4/c1-12(5-20)14(3,22)13(2,21)11(23-12)19-4-7(15)8-9(16)17-6-18-10(8)19/h4,6,11,20-22H,5H2,1-3H3,(H2,16,17,18)/t11-,12-,13+,14-/m1/s1. The fourth-order valence-electron chi connectivity index (χ4n) is 3.01. The highest BCUT2D eigenvalue weighted by Crippen LogP contribution is 2.52. The second-order valence-corrected chi connectivity index (χ2v) is 7.28. The largest absolute Gasteiger partial charge is 0.393 e. The Kier molecular flexibility index (Phi) is 3.51. The highest BCUT2D eigenvalue weighted by molar-refractivity contribution is 9.10. The molecule has 1 aliphatic heterocycles. The van der Waals surface area contributed by atoms with Gasteiger partial charge in [-0.15, -0.1) is 0 Å². The van der Waals surface area contributed by atoms with Crippen LogP contribution in [0.25, 0.3) is 11.0 Å². The number of ether oxygens (including phenoxy) is 1. The Balaban J connectivity index is 2.22. The number of hydrogen-bond donors (Lipinski definition) is 4. The summed E-state index contributed by atoms with van der Waals surface area (Å²) < 4.78 is 8.08. The molecule has 0 aromatic carbocycles. The Labute approximate surface area is 141 Å². The quantitative estimate of drug-likeness (QED) is 0.593. The van der Waals surface area contributed by atoms with Crippen LogP contribution in [0.4, 0.5) is 5.82 Å². The molecule has 1 aliphatic rings. The van der Waals surface area contributed by atoms with Crippen molar-refractivity contribution in [2.45, 2.75) is 43.8 Å². The molecule has 0 radical (unpaired) electrons. The molecule has 0 bridgehead atoms. The molecule has 4 atom stereocenters. The summed E-state index contributed by atoms with van der Waals surface area (Å²) >= 11 is 3.40. The molecule has 1 saturated heterocycles. The molecule has 23 heavy (non-hydrogen) atoms. The number of hydrogen-bond acceptors (Lipinski definition) is 7. The third-order valence-corrected chi connectivity index (χ3v) is 5.62. The van der Waals surface area contributed by atoms with Gasteiger partial charge in [0.25, 0.3) is 0 Å². The molecule has 126 valence electrons. The van der Waals surface area contributed by atoms with Gasteiger partial charge in [0.05, 0.1) is 12.0 Å². The third kappa shape index (κ3) is 1.97. The zero-order chi connectivity index (χ0) is 17.2. The van der Waals surface area contributed by atoms with E-state index in [-0.39, 0.29) is 5.82 Å².